The van der Waals surface area contributed by atoms with Crippen molar-refractivity contribution >= 4 is 11.8 Å². The third-order valence-corrected chi connectivity index (χ3v) is 9.73. The smallest absolute Gasteiger partial charge is 0.194 e. The molecule has 0 aliphatic carbocycles. The lowest BCUT2D eigenvalue weighted by Crippen LogP contribution is -2.58. The maximum absolute atomic E-state index is 13.9. The highest BCUT2D eigenvalue weighted by molar-refractivity contribution is 8.00. The molecule has 0 spiro atoms. The van der Waals surface area contributed by atoms with Crippen LogP contribution in [0.1, 0.15) is 12.1 Å². The number of rotatable bonds is 8. The van der Waals surface area contributed by atoms with Crippen LogP contribution in [0.2, 0.25) is 0 Å². The summed E-state index contributed by atoms with van der Waals surface area (Å²) in [5.41, 5.74) is -2.78. The van der Waals surface area contributed by atoms with Crippen LogP contribution in [0.3, 0.4) is 0 Å². The van der Waals surface area contributed by atoms with Gasteiger partial charge in [0, 0.05) is 23.5 Å². The van der Waals surface area contributed by atoms with Crippen molar-refractivity contribution in [3.8, 4) is 22.3 Å². The monoisotopic (exact) mass is 718 g/mol. The zero-order chi connectivity index (χ0) is 35.3. The number of nitrogens with zero attached hydrogens (tertiary/aromatic N) is 4. The lowest BCUT2D eigenvalue weighted by Gasteiger charge is -2.46. The highest BCUT2D eigenvalue weighted by Gasteiger charge is 2.51. The average molecular weight is 719 g/mol. The van der Waals surface area contributed by atoms with Crippen LogP contribution in [0.25, 0.3) is 22.3 Å². The second-order valence-electron chi connectivity index (χ2n) is 11.5. The van der Waals surface area contributed by atoms with Crippen molar-refractivity contribution in [1.82, 2.24) is 19.6 Å². The summed E-state index contributed by atoms with van der Waals surface area (Å²) in [6, 6.07) is 0.217. The van der Waals surface area contributed by atoms with Crippen LogP contribution >= 0.6 is 11.8 Å². The lowest BCUT2D eigenvalue weighted by atomic mass is 9.97. The van der Waals surface area contributed by atoms with E-state index in [9.17, 15) is 57.0 Å². The molecule has 0 radical (unpaired) electrons. The van der Waals surface area contributed by atoms with E-state index in [1.165, 1.54) is 12.4 Å². The SMILES string of the molecule is OCC1O[C@@H](S[C@@H]2O[C@H](CO)C(O)C(n3cc(-c4cc(F)c(F)c(F)c4)cn3)[C@H]2O)C(O)[C@@H](n2cc(-c3cc(F)c(F)c(F)c3)cn2)[C@H]1O. The normalized spacial score (nSPS) is 30.5. The van der Waals surface area contributed by atoms with Crippen LogP contribution < -0.4 is 0 Å². The Morgan fingerprint density at radius 3 is 1.24 bits per heavy atom. The molecular weight excluding hydrogens is 690 g/mol. The first kappa shape index (κ1) is 35.3. The second kappa shape index (κ2) is 14.0. The van der Waals surface area contributed by atoms with E-state index in [1.54, 1.807) is 0 Å². The van der Waals surface area contributed by atoms with E-state index in [2.05, 4.69) is 10.2 Å². The van der Waals surface area contributed by atoms with Gasteiger partial charge in [-0.15, -0.1) is 0 Å². The molecule has 2 aliphatic heterocycles. The number of hydrogen-bond acceptors (Lipinski definition) is 11. The molecule has 6 rings (SSSR count). The van der Waals surface area contributed by atoms with Crippen LogP contribution in [0, 0.1) is 34.9 Å². The molecule has 4 unspecified atom stereocenters. The average Bonchev–Trinajstić information content (AvgIpc) is 3.76. The van der Waals surface area contributed by atoms with E-state index in [0.717, 1.165) is 46.0 Å². The van der Waals surface area contributed by atoms with E-state index in [4.69, 9.17) is 9.47 Å². The Labute approximate surface area is 276 Å². The Morgan fingerprint density at radius 2 is 0.918 bits per heavy atom. The van der Waals surface area contributed by atoms with Crippen molar-refractivity contribution in [2.75, 3.05) is 13.2 Å². The molecular formula is C30H28F6N4O8S. The summed E-state index contributed by atoms with van der Waals surface area (Å²) in [6.45, 7) is -1.50. The predicted molar refractivity (Wildman–Crippen MR) is 156 cm³/mol. The fraction of sp³-hybridized carbons (Fsp3) is 0.400. The molecule has 0 saturated carbocycles. The van der Waals surface area contributed by atoms with Crippen LogP contribution in [0.5, 0.6) is 0 Å². The minimum atomic E-state index is -1.67. The van der Waals surface area contributed by atoms with Crippen molar-refractivity contribution < 1.29 is 66.5 Å². The summed E-state index contributed by atoms with van der Waals surface area (Å²) in [5, 5.41) is 72.8. The van der Waals surface area contributed by atoms with Crippen LogP contribution in [-0.4, -0.2) is 111 Å². The molecule has 4 heterocycles. The number of aromatic nitrogens is 4. The van der Waals surface area contributed by atoms with E-state index in [1.807, 2.05) is 0 Å². The van der Waals surface area contributed by atoms with E-state index in [-0.39, 0.29) is 22.3 Å². The number of ether oxygens (including phenoxy) is 2. The molecule has 10 atom stereocenters. The quantitative estimate of drug-likeness (QED) is 0.116. The minimum Gasteiger partial charge on any atom is -0.394 e. The molecule has 2 aromatic carbocycles. The molecule has 2 saturated heterocycles. The molecule has 2 aliphatic rings. The Kier molecular flexibility index (Phi) is 10.1. The Balaban J connectivity index is 1.26. The highest BCUT2D eigenvalue weighted by Crippen LogP contribution is 2.42. The van der Waals surface area contributed by atoms with Crippen molar-refractivity contribution in [2.45, 2.75) is 59.6 Å². The molecule has 6 N–H and O–H groups in total. The predicted octanol–water partition coefficient (Wildman–Crippen LogP) is 1.64. The third kappa shape index (κ3) is 6.57. The van der Waals surface area contributed by atoms with E-state index in [0.29, 0.717) is 11.8 Å². The van der Waals surface area contributed by atoms with Crippen molar-refractivity contribution in [1.29, 1.82) is 0 Å². The molecule has 0 bridgehead atoms. The summed E-state index contributed by atoms with van der Waals surface area (Å²) in [6.07, 6.45) is -4.43. The van der Waals surface area contributed by atoms with Crippen molar-refractivity contribution in [3.05, 3.63) is 84.0 Å². The van der Waals surface area contributed by atoms with Gasteiger partial charge in [0.15, 0.2) is 34.9 Å². The first-order chi connectivity index (χ1) is 23.3. The zero-order valence-electron chi connectivity index (χ0n) is 24.8. The van der Waals surface area contributed by atoms with Crippen molar-refractivity contribution in [2.24, 2.45) is 0 Å². The first-order valence-corrected chi connectivity index (χ1v) is 15.6. The van der Waals surface area contributed by atoms with Gasteiger partial charge in [0.25, 0.3) is 0 Å². The Morgan fingerprint density at radius 1 is 0.571 bits per heavy atom. The van der Waals surface area contributed by atoms with Gasteiger partial charge in [0.05, 0.1) is 25.6 Å². The number of aliphatic hydroxyl groups excluding tert-OH is 6. The lowest BCUT2D eigenvalue weighted by molar-refractivity contribution is -0.188. The van der Waals surface area contributed by atoms with Gasteiger partial charge in [-0.05, 0) is 35.4 Å². The standard InChI is InChI=1S/C30H28F6N4O8S/c31-15-1-11(2-16(32)21(15)35)13-5-37-39(7-13)23-25(43)19(9-41)47-29(27(23)45)49-30-28(46)24(26(44)20(10-42)48-30)40-8-14(6-38-40)12-3-17(33)22(36)18(34)4-12/h1-8,19-20,23-30,41-46H,9-10H2/t19-,20?,23?,24+,25?,26+,27-,28?,29+,30+/m1/s1. The van der Waals surface area contributed by atoms with Crippen LogP contribution in [-0.2, 0) is 9.47 Å². The molecule has 2 aromatic heterocycles. The number of thioether (sulfide) groups is 1. The van der Waals surface area contributed by atoms with Crippen LogP contribution in [0.15, 0.2) is 49.1 Å². The molecule has 0 amide bonds. The zero-order valence-corrected chi connectivity index (χ0v) is 25.6. The number of halogens is 6. The van der Waals surface area contributed by atoms with Gasteiger partial charge in [0.2, 0.25) is 0 Å². The summed E-state index contributed by atoms with van der Waals surface area (Å²) in [7, 11) is 0. The summed E-state index contributed by atoms with van der Waals surface area (Å²) in [5.74, 6) is -9.16. The van der Waals surface area contributed by atoms with E-state index < -0.39 is 108 Å². The van der Waals surface area contributed by atoms with Gasteiger partial charge in [0.1, 0.15) is 59.6 Å². The van der Waals surface area contributed by atoms with E-state index >= 15 is 0 Å². The second-order valence-corrected chi connectivity index (χ2v) is 12.7. The molecule has 2 fully saturated rings. The van der Waals surface area contributed by atoms with Gasteiger partial charge >= 0.3 is 0 Å². The highest BCUT2D eigenvalue weighted by atomic mass is 32.2. The maximum atomic E-state index is 13.9. The Bertz CT molecular complexity index is 1640. The fourth-order valence-electron chi connectivity index (χ4n) is 5.86. The van der Waals surface area contributed by atoms with Gasteiger partial charge in [-0.1, -0.05) is 11.8 Å². The van der Waals surface area contributed by atoms with Gasteiger partial charge in [-0.3, -0.25) is 9.36 Å². The maximum Gasteiger partial charge on any atom is 0.194 e. The molecule has 49 heavy (non-hydrogen) atoms. The Hall–Kier alpha value is -3.53. The summed E-state index contributed by atoms with van der Waals surface area (Å²) in [4.78, 5) is 0. The number of aliphatic hydroxyl groups is 6. The van der Waals surface area contributed by atoms with Crippen LogP contribution in [0.4, 0.5) is 26.3 Å². The molecule has 19 heteroatoms. The fourth-order valence-corrected chi connectivity index (χ4v) is 7.18. The van der Waals surface area contributed by atoms with Crippen molar-refractivity contribution in [3.63, 3.8) is 0 Å². The first-order valence-electron chi connectivity index (χ1n) is 14.6. The molecule has 264 valence electrons. The summed E-state index contributed by atoms with van der Waals surface area (Å²) < 4.78 is 96.0. The third-order valence-electron chi connectivity index (χ3n) is 8.41. The minimum absolute atomic E-state index is 0.0896. The van der Waals surface area contributed by atoms with Gasteiger partial charge in [-0.2, -0.15) is 10.2 Å². The molecule has 12 nitrogen and oxygen atoms in total. The van der Waals surface area contributed by atoms with Gasteiger partial charge < -0.3 is 40.1 Å². The number of benzene rings is 2. The largest absolute Gasteiger partial charge is 0.394 e. The number of hydrogen-bond donors (Lipinski definition) is 6. The van der Waals surface area contributed by atoms with Gasteiger partial charge in [-0.25, -0.2) is 26.3 Å². The molecule has 4 aromatic rings. The summed E-state index contributed by atoms with van der Waals surface area (Å²) >= 11 is 0.661. The topological polar surface area (TPSA) is 175 Å².